The first-order chi connectivity index (χ1) is 18.1. The van der Waals surface area contributed by atoms with Crippen LogP contribution in [-0.4, -0.2) is 83.6 Å². The molecule has 2 heterocycles. The number of hydrogen-bond donors (Lipinski definition) is 0. The largest absolute Gasteiger partial charge is 0.495 e. The van der Waals surface area contributed by atoms with Crippen LogP contribution in [-0.2, 0) is 9.53 Å². The van der Waals surface area contributed by atoms with Crippen molar-refractivity contribution < 1.29 is 28.5 Å². The number of thiazole rings is 1. The topological polar surface area (TPSA) is 82.6 Å². The van der Waals surface area contributed by atoms with Crippen LogP contribution in [0.5, 0.6) is 23.0 Å². The zero-order valence-corrected chi connectivity index (χ0v) is 22.5. The van der Waals surface area contributed by atoms with Crippen LogP contribution in [0, 0.1) is 0 Å². The molecule has 1 aliphatic heterocycles. The first-order valence-electron chi connectivity index (χ1n) is 12.1. The van der Waals surface area contributed by atoms with Gasteiger partial charge >= 0.3 is 0 Å². The number of ether oxygens (including phenoxy) is 5. The number of nitrogens with zero attached hydrogens (tertiary/aromatic N) is 3. The lowest BCUT2D eigenvalue weighted by atomic mass is 10.2. The van der Waals surface area contributed by atoms with E-state index < -0.39 is 0 Å². The molecule has 0 aliphatic carbocycles. The SMILES string of the molecule is COc1ccc(/C=C/C(=O)N(CCCN2CCOCC2)c2nc3c(OC)ccc(OC)c3s2)cc1OC. The van der Waals surface area contributed by atoms with Gasteiger partial charge in [0.2, 0.25) is 0 Å². The number of methoxy groups -OCH3 is 4. The summed E-state index contributed by atoms with van der Waals surface area (Å²) in [6.07, 6.45) is 4.14. The smallest absolute Gasteiger partial charge is 0.252 e. The van der Waals surface area contributed by atoms with Gasteiger partial charge in [0.15, 0.2) is 16.6 Å². The molecule has 0 spiro atoms. The summed E-state index contributed by atoms with van der Waals surface area (Å²) in [6, 6.07) is 9.20. The Morgan fingerprint density at radius 1 is 1.00 bits per heavy atom. The van der Waals surface area contributed by atoms with Gasteiger partial charge in [0.25, 0.3) is 5.91 Å². The van der Waals surface area contributed by atoms with Crippen LogP contribution in [0.2, 0.25) is 0 Å². The first kappa shape index (κ1) is 26.7. The maximum absolute atomic E-state index is 13.5. The lowest BCUT2D eigenvalue weighted by molar-refractivity contribution is -0.114. The van der Waals surface area contributed by atoms with Gasteiger partial charge in [-0.1, -0.05) is 17.4 Å². The average Bonchev–Trinajstić information content (AvgIpc) is 3.39. The number of fused-ring (bicyclic) bond motifs is 1. The maximum Gasteiger partial charge on any atom is 0.252 e. The Bertz CT molecular complexity index is 1200. The predicted molar refractivity (Wildman–Crippen MR) is 146 cm³/mol. The molecule has 1 aromatic heterocycles. The van der Waals surface area contributed by atoms with Crippen LogP contribution in [0.3, 0.4) is 0 Å². The van der Waals surface area contributed by atoms with Crippen molar-refractivity contribution in [3.63, 3.8) is 0 Å². The van der Waals surface area contributed by atoms with E-state index in [1.807, 2.05) is 30.3 Å². The summed E-state index contributed by atoms with van der Waals surface area (Å²) in [5.41, 5.74) is 1.50. The summed E-state index contributed by atoms with van der Waals surface area (Å²) in [6.45, 7) is 4.70. The van der Waals surface area contributed by atoms with E-state index in [4.69, 9.17) is 28.7 Å². The normalized spacial score (nSPS) is 14.2. The van der Waals surface area contributed by atoms with Crippen molar-refractivity contribution in [3.8, 4) is 23.0 Å². The molecule has 4 rings (SSSR count). The molecule has 0 N–H and O–H groups in total. The highest BCUT2D eigenvalue weighted by atomic mass is 32.1. The van der Waals surface area contributed by atoms with E-state index in [0.717, 1.165) is 49.5 Å². The minimum Gasteiger partial charge on any atom is -0.495 e. The fraction of sp³-hybridized carbons (Fsp3) is 0.407. The highest BCUT2D eigenvalue weighted by Crippen LogP contribution is 2.40. The Morgan fingerprint density at radius 3 is 2.38 bits per heavy atom. The number of amides is 1. The van der Waals surface area contributed by atoms with Gasteiger partial charge in [-0.2, -0.15) is 0 Å². The summed E-state index contributed by atoms with van der Waals surface area (Å²) in [7, 11) is 6.41. The Morgan fingerprint density at radius 2 is 1.68 bits per heavy atom. The van der Waals surface area contributed by atoms with Gasteiger partial charge in [-0.05, 0) is 42.3 Å². The van der Waals surface area contributed by atoms with E-state index >= 15 is 0 Å². The van der Waals surface area contributed by atoms with Crippen molar-refractivity contribution in [1.82, 2.24) is 9.88 Å². The molecule has 3 aromatic rings. The quantitative estimate of drug-likeness (QED) is 0.345. The standard InChI is InChI=1S/C27H33N3O6S/c1-32-20-8-6-19(18-23(20)35-4)7-11-24(31)30(13-5-12-29-14-16-36-17-15-29)27-28-25-21(33-2)9-10-22(34-3)26(25)37-27/h6-11,18H,5,12-17H2,1-4H3/b11-7+. The maximum atomic E-state index is 13.5. The Labute approximate surface area is 221 Å². The number of anilines is 1. The summed E-state index contributed by atoms with van der Waals surface area (Å²) < 4.78 is 28.1. The average molecular weight is 528 g/mol. The van der Waals surface area contributed by atoms with E-state index in [-0.39, 0.29) is 5.91 Å². The third-order valence-corrected chi connectivity index (χ3v) is 7.27. The van der Waals surface area contributed by atoms with Gasteiger partial charge in [0.05, 0.1) is 41.7 Å². The number of benzene rings is 2. The summed E-state index contributed by atoms with van der Waals surface area (Å²) in [5, 5.41) is 0.599. The minimum atomic E-state index is -0.159. The third kappa shape index (κ3) is 6.33. The summed E-state index contributed by atoms with van der Waals surface area (Å²) >= 11 is 1.42. The van der Waals surface area contributed by atoms with Gasteiger partial charge in [0, 0.05) is 32.3 Å². The highest BCUT2D eigenvalue weighted by Gasteiger charge is 2.22. The van der Waals surface area contributed by atoms with Crippen LogP contribution < -0.4 is 23.8 Å². The van der Waals surface area contributed by atoms with Gasteiger partial charge in [-0.15, -0.1) is 0 Å². The fourth-order valence-electron chi connectivity index (χ4n) is 4.18. The second-order valence-electron chi connectivity index (χ2n) is 8.39. The fourth-order valence-corrected chi connectivity index (χ4v) is 5.29. The van der Waals surface area contributed by atoms with Gasteiger partial charge in [0.1, 0.15) is 21.7 Å². The molecule has 0 atom stereocenters. The highest BCUT2D eigenvalue weighted by molar-refractivity contribution is 7.22. The van der Waals surface area contributed by atoms with Crippen LogP contribution in [0.4, 0.5) is 5.13 Å². The van der Waals surface area contributed by atoms with Crippen molar-refractivity contribution in [1.29, 1.82) is 0 Å². The zero-order valence-electron chi connectivity index (χ0n) is 21.7. The van der Waals surface area contributed by atoms with E-state index in [1.165, 1.54) is 11.3 Å². The van der Waals surface area contributed by atoms with Crippen molar-refractivity contribution in [2.75, 3.05) is 72.7 Å². The van der Waals surface area contributed by atoms with E-state index in [0.29, 0.717) is 40.2 Å². The van der Waals surface area contributed by atoms with Gasteiger partial charge in [-0.3, -0.25) is 14.6 Å². The number of rotatable bonds is 11. The Balaban J connectivity index is 1.60. The van der Waals surface area contributed by atoms with Crippen LogP contribution >= 0.6 is 11.3 Å². The molecule has 10 heteroatoms. The first-order valence-corrected chi connectivity index (χ1v) is 12.9. The van der Waals surface area contributed by atoms with Crippen molar-refractivity contribution in [2.45, 2.75) is 6.42 Å². The van der Waals surface area contributed by atoms with Crippen LogP contribution in [0.15, 0.2) is 36.4 Å². The Kier molecular flexibility index (Phi) is 9.21. The van der Waals surface area contributed by atoms with Crippen LogP contribution in [0.25, 0.3) is 16.3 Å². The monoisotopic (exact) mass is 527 g/mol. The molecule has 0 unspecified atom stereocenters. The Hall–Kier alpha value is -3.34. The van der Waals surface area contributed by atoms with Crippen LogP contribution in [0.1, 0.15) is 12.0 Å². The van der Waals surface area contributed by atoms with Gasteiger partial charge in [-0.25, -0.2) is 4.98 Å². The number of hydrogen-bond acceptors (Lipinski definition) is 9. The molecule has 1 saturated heterocycles. The second-order valence-corrected chi connectivity index (χ2v) is 9.37. The lowest BCUT2D eigenvalue weighted by Gasteiger charge is -2.27. The number of carbonyl (C=O) groups excluding carboxylic acids is 1. The molecule has 37 heavy (non-hydrogen) atoms. The van der Waals surface area contributed by atoms with Gasteiger partial charge < -0.3 is 23.7 Å². The van der Waals surface area contributed by atoms with Crippen molar-refractivity contribution in [3.05, 3.63) is 42.0 Å². The zero-order chi connectivity index (χ0) is 26.2. The molecule has 0 bridgehead atoms. The lowest BCUT2D eigenvalue weighted by Crippen LogP contribution is -2.39. The van der Waals surface area contributed by atoms with Crippen molar-refractivity contribution >= 4 is 38.7 Å². The molecule has 1 fully saturated rings. The van der Waals surface area contributed by atoms with Crippen molar-refractivity contribution in [2.24, 2.45) is 0 Å². The minimum absolute atomic E-state index is 0.159. The van der Waals surface area contributed by atoms with E-state index in [9.17, 15) is 4.79 Å². The number of carbonyl (C=O) groups is 1. The molecular weight excluding hydrogens is 494 g/mol. The number of aromatic nitrogens is 1. The molecule has 2 aromatic carbocycles. The summed E-state index contributed by atoms with van der Waals surface area (Å²) in [5.74, 6) is 2.41. The van der Waals surface area contributed by atoms with E-state index in [2.05, 4.69) is 4.90 Å². The predicted octanol–water partition coefficient (Wildman–Crippen LogP) is 4.10. The second kappa shape index (κ2) is 12.8. The molecule has 0 radical (unpaired) electrons. The third-order valence-electron chi connectivity index (χ3n) is 6.18. The van der Waals surface area contributed by atoms with E-state index in [1.54, 1.807) is 45.5 Å². The molecular formula is C27H33N3O6S. The number of morpholine rings is 1. The molecule has 9 nitrogen and oxygen atoms in total. The molecule has 0 saturated carbocycles. The summed E-state index contributed by atoms with van der Waals surface area (Å²) in [4.78, 5) is 22.4. The molecule has 198 valence electrons. The molecule has 1 amide bonds. The molecule has 1 aliphatic rings.